The predicted molar refractivity (Wildman–Crippen MR) is 139 cm³/mol. The summed E-state index contributed by atoms with van der Waals surface area (Å²) < 4.78 is 111. The average Bonchev–Trinajstić information content (AvgIpc) is 2.95. The number of hydrogen-bond acceptors (Lipinski definition) is 6. The molecule has 226 valence electrons. The van der Waals surface area contributed by atoms with Crippen LogP contribution in [0.1, 0.15) is 11.6 Å². The predicted octanol–water partition coefficient (Wildman–Crippen LogP) is 6.76. The molecular weight excluding hydrogens is 573 g/mol. The van der Waals surface area contributed by atoms with Gasteiger partial charge in [0.2, 0.25) is 0 Å². The van der Waals surface area contributed by atoms with Gasteiger partial charge in [-0.2, -0.15) is 17.6 Å². The summed E-state index contributed by atoms with van der Waals surface area (Å²) in [6, 6.07) is 15.8. The Kier molecular flexibility index (Phi) is 8.69. The van der Waals surface area contributed by atoms with E-state index >= 15 is 0 Å². The van der Waals surface area contributed by atoms with Crippen LogP contribution < -0.4 is 19.1 Å². The van der Waals surface area contributed by atoms with Crippen molar-refractivity contribution in [2.45, 2.75) is 24.9 Å². The Morgan fingerprint density at radius 2 is 1.52 bits per heavy atom. The summed E-state index contributed by atoms with van der Waals surface area (Å²) in [5.74, 6) is -0.378. The fraction of sp³-hybridized carbons (Fsp3) is 0.379. The molecule has 42 heavy (non-hydrogen) atoms. The number of para-hydroxylation sites is 1. The zero-order chi connectivity index (χ0) is 29.9. The van der Waals surface area contributed by atoms with E-state index in [1.807, 2.05) is 4.90 Å². The molecule has 0 radical (unpaired) electrons. The Morgan fingerprint density at radius 1 is 0.833 bits per heavy atom. The highest BCUT2D eigenvalue weighted by molar-refractivity contribution is 5.80. The molecule has 6 nitrogen and oxygen atoms in total. The molecule has 0 saturated carbocycles. The number of ether oxygens (including phenoxy) is 4. The van der Waals surface area contributed by atoms with E-state index in [4.69, 9.17) is 9.47 Å². The molecule has 5 rings (SSSR count). The molecule has 0 aliphatic carbocycles. The number of nitrogens with zero attached hydrogens (tertiary/aromatic N) is 2. The van der Waals surface area contributed by atoms with Gasteiger partial charge in [0.05, 0.1) is 24.9 Å². The first-order valence-electron chi connectivity index (χ1n) is 13.1. The Labute approximate surface area is 237 Å². The second kappa shape index (κ2) is 12.3. The van der Waals surface area contributed by atoms with Crippen LogP contribution in [0.15, 0.2) is 66.7 Å². The first kappa shape index (κ1) is 29.8. The minimum atomic E-state index is -4.85. The lowest BCUT2D eigenvalue weighted by molar-refractivity contribution is -0.274. The lowest BCUT2D eigenvalue weighted by Crippen LogP contribution is -2.44. The number of rotatable bonds is 9. The van der Waals surface area contributed by atoms with E-state index in [1.54, 1.807) is 30.3 Å². The van der Waals surface area contributed by atoms with Crippen molar-refractivity contribution in [1.29, 1.82) is 0 Å². The number of benzene rings is 3. The highest BCUT2D eigenvalue weighted by Gasteiger charge is 2.44. The summed E-state index contributed by atoms with van der Waals surface area (Å²) >= 11 is 0. The van der Waals surface area contributed by atoms with Crippen LogP contribution in [0.5, 0.6) is 17.2 Å². The van der Waals surface area contributed by atoms with E-state index in [-0.39, 0.29) is 12.4 Å². The number of morpholine rings is 1. The topological polar surface area (TPSA) is 43.4 Å². The molecule has 2 heterocycles. The molecule has 0 amide bonds. The summed E-state index contributed by atoms with van der Waals surface area (Å²) in [6.07, 6.45) is -13.5. The van der Waals surface area contributed by atoms with Crippen LogP contribution in [-0.2, 0) is 4.74 Å². The minimum absolute atomic E-state index is 0.0422. The van der Waals surface area contributed by atoms with Gasteiger partial charge in [-0.3, -0.25) is 4.90 Å². The zero-order valence-electron chi connectivity index (χ0n) is 22.1. The van der Waals surface area contributed by atoms with E-state index < -0.39 is 30.7 Å². The number of hydrogen-bond donors (Lipinski definition) is 0. The lowest BCUT2D eigenvalue weighted by Gasteiger charge is -2.41. The summed E-state index contributed by atoms with van der Waals surface area (Å²) in [4.78, 5) is 4.22. The molecule has 1 atom stereocenters. The van der Waals surface area contributed by atoms with Crippen molar-refractivity contribution in [1.82, 2.24) is 4.90 Å². The number of fused-ring (bicyclic) bond motifs is 1. The first-order chi connectivity index (χ1) is 20.0. The summed E-state index contributed by atoms with van der Waals surface area (Å²) in [5.41, 5.74) is 2.09. The summed E-state index contributed by atoms with van der Waals surface area (Å²) in [6.45, 7) is 3.75. The van der Waals surface area contributed by atoms with E-state index in [0.29, 0.717) is 54.4 Å². The highest BCUT2D eigenvalue weighted by atomic mass is 19.4. The zero-order valence-corrected chi connectivity index (χ0v) is 22.1. The third kappa shape index (κ3) is 7.01. The molecule has 0 bridgehead atoms. The summed E-state index contributed by atoms with van der Waals surface area (Å²) in [7, 11) is 0. The van der Waals surface area contributed by atoms with Crippen LogP contribution in [0.2, 0.25) is 0 Å². The molecule has 0 N–H and O–H groups in total. The van der Waals surface area contributed by atoms with E-state index in [9.17, 15) is 30.7 Å². The van der Waals surface area contributed by atoms with Crippen molar-refractivity contribution in [3.63, 3.8) is 0 Å². The van der Waals surface area contributed by atoms with Gasteiger partial charge in [-0.25, -0.2) is 0 Å². The highest BCUT2D eigenvalue weighted by Crippen LogP contribution is 2.46. The largest absolute Gasteiger partial charge is 0.573 e. The van der Waals surface area contributed by atoms with Crippen molar-refractivity contribution < 1.29 is 49.7 Å². The van der Waals surface area contributed by atoms with Crippen molar-refractivity contribution >= 4 is 5.69 Å². The maximum absolute atomic E-state index is 13.6. The molecule has 0 spiro atoms. The number of anilines is 1. The summed E-state index contributed by atoms with van der Waals surface area (Å²) in [5, 5.41) is 0. The molecule has 0 aromatic heterocycles. The molecule has 2 aliphatic rings. The van der Waals surface area contributed by atoms with Gasteiger partial charge in [-0.1, -0.05) is 36.4 Å². The van der Waals surface area contributed by atoms with Gasteiger partial charge in [0.25, 0.3) is 0 Å². The molecule has 1 unspecified atom stereocenters. The Bertz CT molecular complexity index is 1370. The minimum Gasteiger partial charge on any atom is -0.488 e. The quantitative estimate of drug-likeness (QED) is 0.253. The average molecular weight is 601 g/mol. The normalized spacial score (nSPS) is 18.0. The Morgan fingerprint density at radius 3 is 2.24 bits per heavy atom. The van der Waals surface area contributed by atoms with Gasteiger partial charge in [0.1, 0.15) is 18.1 Å². The van der Waals surface area contributed by atoms with Crippen LogP contribution >= 0.6 is 0 Å². The van der Waals surface area contributed by atoms with Crippen LogP contribution in [0.3, 0.4) is 0 Å². The van der Waals surface area contributed by atoms with Gasteiger partial charge in [-0.15, -0.1) is 13.2 Å². The maximum atomic E-state index is 13.6. The third-order valence-corrected chi connectivity index (χ3v) is 6.96. The Balaban J connectivity index is 1.49. The van der Waals surface area contributed by atoms with E-state index in [1.165, 1.54) is 36.4 Å². The smallest absolute Gasteiger partial charge is 0.488 e. The fourth-order valence-corrected chi connectivity index (χ4v) is 5.02. The van der Waals surface area contributed by atoms with Crippen molar-refractivity contribution in [3.8, 4) is 28.4 Å². The van der Waals surface area contributed by atoms with Crippen LogP contribution in [-0.4, -0.2) is 69.8 Å². The molecule has 13 heteroatoms. The fourth-order valence-electron chi connectivity index (χ4n) is 5.02. The van der Waals surface area contributed by atoms with Crippen LogP contribution in [0.4, 0.5) is 36.4 Å². The number of halogens is 7. The molecular formula is C29H27F7N2O4. The maximum Gasteiger partial charge on any atom is 0.573 e. The van der Waals surface area contributed by atoms with Gasteiger partial charge < -0.3 is 23.8 Å². The van der Waals surface area contributed by atoms with Gasteiger partial charge in [0, 0.05) is 31.7 Å². The van der Waals surface area contributed by atoms with Crippen molar-refractivity contribution in [2.24, 2.45) is 0 Å². The van der Waals surface area contributed by atoms with Crippen LogP contribution in [0.25, 0.3) is 11.1 Å². The van der Waals surface area contributed by atoms with Gasteiger partial charge >= 0.3 is 18.9 Å². The monoisotopic (exact) mass is 600 g/mol. The van der Waals surface area contributed by atoms with Gasteiger partial charge in [0.15, 0.2) is 5.75 Å². The second-order valence-electron chi connectivity index (χ2n) is 9.74. The van der Waals surface area contributed by atoms with Gasteiger partial charge in [-0.05, 0) is 41.5 Å². The van der Waals surface area contributed by atoms with Crippen molar-refractivity contribution in [2.75, 3.05) is 50.9 Å². The molecule has 3 aromatic carbocycles. The second-order valence-corrected chi connectivity index (χ2v) is 9.74. The van der Waals surface area contributed by atoms with Crippen molar-refractivity contribution in [3.05, 3.63) is 72.3 Å². The lowest BCUT2D eigenvalue weighted by atomic mass is 9.98. The standard InChI is InChI=1S/C29H27F7N2O4/c30-27(31)28(32,33)41-21-6-2-5-20(17-21)25-18-40-26-23(19-4-1-7-22(16-19)42-29(34,35)36)8-3-9-24(26)38(25)11-10-37-12-14-39-15-13-37/h1-9,16-17,25,27H,10-15,18H2. The Hall–Kier alpha value is -3.71. The number of alkyl halides is 7. The molecule has 1 saturated heterocycles. The molecule has 2 aliphatic heterocycles. The SMILES string of the molecule is FC(F)C(F)(F)Oc1cccc(C2COc3c(-c4cccc(OC(F)(F)F)c4)cccc3N2CCN2CCOCC2)c1. The van der Waals surface area contributed by atoms with E-state index in [0.717, 1.165) is 13.1 Å². The van der Waals surface area contributed by atoms with Crippen LogP contribution in [0, 0.1) is 0 Å². The third-order valence-electron chi connectivity index (χ3n) is 6.96. The molecule has 3 aromatic rings. The molecule has 1 fully saturated rings. The van der Waals surface area contributed by atoms with E-state index in [2.05, 4.69) is 14.4 Å². The first-order valence-corrected chi connectivity index (χ1v) is 13.1.